The lowest BCUT2D eigenvalue weighted by Crippen LogP contribution is -1.88. The minimum Gasteiger partial charge on any atom is -0.455 e. The van der Waals surface area contributed by atoms with Gasteiger partial charge in [-0.1, -0.05) is 23.8 Å². The van der Waals surface area contributed by atoms with Gasteiger partial charge < -0.3 is 10.2 Å². The van der Waals surface area contributed by atoms with Gasteiger partial charge in [-0.2, -0.15) is 0 Å². The zero-order valence-corrected chi connectivity index (χ0v) is 10.7. The first kappa shape index (κ1) is 11.2. The van der Waals surface area contributed by atoms with Crippen LogP contribution in [-0.4, -0.2) is 0 Å². The molecule has 0 saturated heterocycles. The van der Waals surface area contributed by atoms with E-state index in [2.05, 4.69) is 0 Å². The van der Waals surface area contributed by atoms with Crippen molar-refractivity contribution in [2.24, 2.45) is 0 Å². The van der Waals surface area contributed by atoms with E-state index in [1.807, 2.05) is 49.4 Å². The fourth-order valence-corrected chi connectivity index (χ4v) is 2.35. The lowest BCUT2D eigenvalue weighted by molar-refractivity contribution is 0.668. The van der Waals surface area contributed by atoms with Crippen LogP contribution in [-0.2, 0) is 0 Å². The van der Waals surface area contributed by atoms with Crippen LogP contribution in [0.25, 0.3) is 28.0 Å². The maximum absolute atomic E-state index is 5.99. The topological polar surface area (TPSA) is 39.2 Å². The minimum atomic E-state index is 0.669. The van der Waals surface area contributed by atoms with Crippen LogP contribution in [0.2, 0.25) is 5.02 Å². The molecule has 2 N–H and O–H groups in total. The molecule has 2 aromatic carbocycles. The largest absolute Gasteiger partial charge is 0.455 e. The Hall–Kier alpha value is -1.93. The standard InChI is InChI=1S/C15H12ClNO/c1-2-3-12-13(17)7-6-11-10-5-4-9(16)8-14(10)18-15(11)12/h2-8H,17H2,1H3/b3-2-. The maximum atomic E-state index is 5.99. The van der Waals surface area contributed by atoms with Gasteiger partial charge in [0.25, 0.3) is 0 Å². The molecule has 0 fully saturated rings. The molecule has 0 atom stereocenters. The van der Waals surface area contributed by atoms with Gasteiger partial charge in [-0.3, -0.25) is 0 Å². The van der Waals surface area contributed by atoms with Crippen LogP contribution < -0.4 is 5.73 Å². The lowest BCUT2D eigenvalue weighted by atomic mass is 10.1. The molecule has 3 heteroatoms. The second-order valence-electron chi connectivity index (χ2n) is 4.19. The molecule has 1 heterocycles. The van der Waals surface area contributed by atoms with Crippen molar-refractivity contribution >= 4 is 45.3 Å². The van der Waals surface area contributed by atoms with Crippen LogP contribution in [0.3, 0.4) is 0 Å². The highest BCUT2D eigenvalue weighted by Crippen LogP contribution is 2.35. The van der Waals surface area contributed by atoms with E-state index in [1.165, 1.54) is 0 Å². The van der Waals surface area contributed by atoms with E-state index in [-0.39, 0.29) is 0 Å². The zero-order valence-electron chi connectivity index (χ0n) is 9.91. The van der Waals surface area contributed by atoms with Crippen LogP contribution in [0.15, 0.2) is 40.8 Å². The van der Waals surface area contributed by atoms with E-state index in [9.17, 15) is 0 Å². The predicted octanol–water partition coefficient (Wildman–Crippen LogP) is 4.85. The molecule has 0 aliphatic heterocycles. The third-order valence-corrected chi connectivity index (χ3v) is 3.24. The van der Waals surface area contributed by atoms with Crippen molar-refractivity contribution in [1.82, 2.24) is 0 Å². The van der Waals surface area contributed by atoms with Gasteiger partial charge in [0.1, 0.15) is 11.2 Å². The van der Waals surface area contributed by atoms with Gasteiger partial charge in [0.15, 0.2) is 0 Å². The smallest absolute Gasteiger partial charge is 0.144 e. The first-order chi connectivity index (χ1) is 8.70. The molecule has 0 aliphatic carbocycles. The van der Waals surface area contributed by atoms with Crippen LogP contribution in [0.1, 0.15) is 12.5 Å². The molecule has 3 rings (SSSR count). The molecule has 2 nitrogen and oxygen atoms in total. The fraction of sp³-hybridized carbons (Fsp3) is 0.0667. The van der Waals surface area contributed by atoms with E-state index < -0.39 is 0 Å². The number of nitrogens with two attached hydrogens (primary N) is 1. The minimum absolute atomic E-state index is 0.669. The highest BCUT2D eigenvalue weighted by molar-refractivity contribution is 6.31. The molecule has 18 heavy (non-hydrogen) atoms. The number of nitrogen functional groups attached to an aromatic ring is 1. The fourth-order valence-electron chi connectivity index (χ4n) is 2.19. The average molecular weight is 258 g/mol. The predicted molar refractivity (Wildman–Crippen MR) is 77.9 cm³/mol. The molecule has 0 bridgehead atoms. The van der Waals surface area contributed by atoms with Gasteiger partial charge in [-0.15, -0.1) is 0 Å². The van der Waals surface area contributed by atoms with E-state index >= 15 is 0 Å². The summed E-state index contributed by atoms with van der Waals surface area (Å²) >= 11 is 5.98. The van der Waals surface area contributed by atoms with Crippen molar-refractivity contribution in [2.45, 2.75) is 6.92 Å². The Morgan fingerprint density at radius 3 is 2.72 bits per heavy atom. The number of halogens is 1. The quantitative estimate of drug-likeness (QED) is 0.633. The van der Waals surface area contributed by atoms with E-state index in [4.69, 9.17) is 21.8 Å². The summed E-state index contributed by atoms with van der Waals surface area (Å²) in [5, 5.41) is 2.78. The maximum Gasteiger partial charge on any atom is 0.144 e. The third-order valence-electron chi connectivity index (χ3n) is 3.01. The summed E-state index contributed by atoms with van der Waals surface area (Å²) < 4.78 is 5.88. The number of hydrogen-bond donors (Lipinski definition) is 1. The van der Waals surface area contributed by atoms with Gasteiger partial charge >= 0.3 is 0 Å². The second kappa shape index (κ2) is 4.07. The molecular weight excluding hydrogens is 246 g/mol. The van der Waals surface area contributed by atoms with Crippen molar-refractivity contribution in [3.63, 3.8) is 0 Å². The van der Waals surface area contributed by atoms with Crippen LogP contribution in [0.4, 0.5) is 5.69 Å². The Labute approximate surface area is 110 Å². The number of benzene rings is 2. The number of anilines is 1. The molecule has 0 aliphatic rings. The van der Waals surface area contributed by atoms with Crippen molar-refractivity contribution in [2.75, 3.05) is 5.73 Å². The summed E-state index contributed by atoms with van der Waals surface area (Å²) in [6.45, 7) is 1.96. The van der Waals surface area contributed by atoms with Crippen LogP contribution >= 0.6 is 11.6 Å². The SMILES string of the molecule is C/C=C\c1c(N)ccc2c1oc1cc(Cl)ccc12. The number of allylic oxidation sites excluding steroid dienone is 1. The van der Waals surface area contributed by atoms with Gasteiger partial charge in [0.05, 0.1) is 0 Å². The summed E-state index contributed by atoms with van der Waals surface area (Å²) in [5.74, 6) is 0. The van der Waals surface area contributed by atoms with Crippen LogP contribution in [0, 0.1) is 0 Å². The molecule has 90 valence electrons. The average Bonchev–Trinajstić information content (AvgIpc) is 2.70. The normalized spacial score (nSPS) is 11.9. The third kappa shape index (κ3) is 1.57. The lowest BCUT2D eigenvalue weighted by Gasteiger charge is -2.00. The first-order valence-corrected chi connectivity index (χ1v) is 6.11. The van der Waals surface area contributed by atoms with E-state index in [0.29, 0.717) is 10.7 Å². The molecule has 0 amide bonds. The summed E-state index contributed by atoms with van der Waals surface area (Å²) in [5.41, 5.74) is 9.22. The van der Waals surface area contributed by atoms with Gasteiger partial charge in [0.2, 0.25) is 0 Å². The molecule has 0 radical (unpaired) electrons. The van der Waals surface area contributed by atoms with Crippen molar-refractivity contribution < 1.29 is 4.42 Å². The molecule has 0 spiro atoms. The Morgan fingerprint density at radius 2 is 1.94 bits per heavy atom. The van der Waals surface area contributed by atoms with E-state index in [0.717, 1.165) is 27.5 Å². The van der Waals surface area contributed by atoms with Crippen molar-refractivity contribution in [3.8, 4) is 0 Å². The number of hydrogen-bond acceptors (Lipinski definition) is 2. The Balaban J connectivity index is 2.48. The molecule has 0 unspecified atom stereocenters. The Kier molecular flexibility index (Phi) is 2.53. The van der Waals surface area contributed by atoms with Gasteiger partial charge in [-0.25, -0.2) is 0 Å². The number of fused-ring (bicyclic) bond motifs is 3. The van der Waals surface area contributed by atoms with Crippen LogP contribution in [0.5, 0.6) is 0 Å². The molecule has 3 aromatic rings. The molecule has 1 aromatic heterocycles. The van der Waals surface area contributed by atoms with Crippen molar-refractivity contribution in [1.29, 1.82) is 0 Å². The summed E-state index contributed by atoms with van der Waals surface area (Å²) in [7, 11) is 0. The second-order valence-corrected chi connectivity index (χ2v) is 4.62. The molecule has 0 saturated carbocycles. The van der Waals surface area contributed by atoms with Crippen molar-refractivity contribution in [3.05, 3.63) is 47.0 Å². The Bertz CT molecular complexity index is 771. The zero-order chi connectivity index (χ0) is 12.7. The highest BCUT2D eigenvalue weighted by atomic mass is 35.5. The van der Waals surface area contributed by atoms with E-state index in [1.54, 1.807) is 0 Å². The monoisotopic (exact) mass is 257 g/mol. The number of furan rings is 1. The summed E-state index contributed by atoms with van der Waals surface area (Å²) in [6.07, 6.45) is 3.91. The molecular formula is C15H12ClNO. The first-order valence-electron chi connectivity index (χ1n) is 5.73. The Morgan fingerprint density at radius 1 is 1.17 bits per heavy atom. The summed E-state index contributed by atoms with van der Waals surface area (Å²) in [6, 6.07) is 9.55. The van der Waals surface area contributed by atoms with Gasteiger partial charge in [0, 0.05) is 33.1 Å². The number of rotatable bonds is 1. The summed E-state index contributed by atoms with van der Waals surface area (Å²) in [4.78, 5) is 0. The van der Waals surface area contributed by atoms with Gasteiger partial charge in [-0.05, 0) is 31.2 Å². The highest BCUT2D eigenvalue weighted by Gasteiger charge is 2.11.